The van der Waals surface area contributed by atoms with Crippen molar-refractivity contribution in [2.24, 2.45) is 5.73 Å². The fraction of sp³-hybridized carbons (Fsp3) is 0.800. The van der Waals surface area contributed by atoms with Gasteiger partial charge >= 0.3 is 0 Å². The zero-order valence-corrected chi connectivity index (χ0v) is 9.15. The van der Waals surface area contributed by atoms with Crippen molar-refractivity contribution in [1.82, 2.24) is 15.0 Å². The molecular weight excluding hydrogens is 192 g/mol. The van der Waals surface area contributed by atoms with Crippen molar-refractivity contribution in [1.29, 1.82) is 0 Å². The van der Waals surface area contributed by atoms with E-state index in [0.717, 1.165) is 44.1 Å². The van der Waals surface area contributed by atoms with Gasteiger partial charge in [-0.1, -0.05) is 5.16 Å². The van der Waals surface area contributed by atoms with Gasteiger partial charge in [0.2, 0.25) is 5.89 Å². The Morgan fingerprint density at radius 2 is 2.47 bits per heavy atom. The van der Waals surface area contributed by atoms with Crippen molar-refractivity contribution in [3.63, 3.8) is 0 Å². The summed E-state index contributed by atoms with van der Waals surface area (Å²) < 4.78 is 5.27. The maximum atomic E-state index is 5.43. The molecule has 2 rings (SSSR count). The van der Waals surface area contributed by atoms with Crippen molar-refractivity contribution in [3.8, 4) is 0 Å². The Labute approximate surface area is 89.6 Å². The van der Waals surface area contributed by atoms with E-state index < -0.39 is 0 Å². The highest BCUT2D eigenvalue weighted by Gasteiger charge is 2.25. The average Bonchev–Trinajstić information content (AvgIpc) is 2.83. The second-order valence-corrected chi connectivity index (χ2v) is 4.19. The van der Waals surface area contributed by atoms with Gasteiger partial charge in [0, 0.05) is 13.0 Å². The highest BCUT2D eigenvalue weighted by Crippen LogP contribution is 2.24. The molecule has 5 nitrogen and oxygen atoms in total. The summed E-state index contributed by atoms with van der Waals surface area (Å²) in [5, 5.41) is 3.96. The first-order valence-corrected chi connectivity index (χ1v) is 5.50. The second-order valence-electron chi connectivity index (χ2n) is 4.19. The van der Waals surface area contributed by atoms with Crippen molar-refractivity contribution in [3.05, 3.63) is 11.7 Å². The molecule has 1 unspecified atom stereocenters. The number of hydrogen-bond acceptors (Lipinski definition) is 5. The van der Waals surface area contributed by atoms with Gasteiger partial charge in [-0.15, -0.1) is 0 Å². The van der Waals surface area contributed by atoms with E-state index in [2.05, 4.69) is 22.1 Å². The third kappa shape index (κ3) is 2.54. The van der Waals surface area contributed by atoms with Crippen LogP contribution >= 0.6 is 0 Å². The maximum absolute atomic E-state index is 5.43. The van der Waals surface area contributed by atoms with Gasteiger partial charge in [0.1, 0.15) is 0 Å². The van der Waals surface area contributed by atoms with Crippen LogP contribution in [0.4, 0.5) is 0 Å². The molecule has 1 aromatic rings. The summed E-state index contributed by atoms with van der Waals surface area (Å²) in [5.74, 6) is 2.02. The smallest absolute Gasteiger partial charge is 0.231 e. The molecule has 0 saturated carbocycles. The predicted octanol–water partition coefficient (Wildman–Crippen LogP) is 0.380. The molecule has 0 spiro atoms. The lowest BCUT2D eigenvalue weighted by molar-refractivity contribution is 0.341. The molecule has 1 aliphatic heterocycles. The predicted molar refractivity (Wildman–Crippen MR) is 56.5 cm³/mol. The van der Waals surface area contributed by atoms with Crippen molar-refractivity contribution < 1.29 is 4.52 Å². The van der Waals surface area contributed by atoms with Gasteiger partial charge in [0.05, 0.1) is 5.92 Å². The maximum Gasteiger partial charge on any atom is 0.231 e. The number of likely N-dealkylation sites (tertiary alicyclic amines) is 1. The lowest BCUT2D eigenvalue weighted by Crippen LogP contribution is -2.13. The van der Waals surface area contributed by atoms with Gasteiger partial charge in [0.15, 0.2) is 5.82 Å². The lowest BCUT2D eigenvalue weighted by atomic mass is 10.1. The standard InChI is InChI=1S/C10H18N4O/c1-14-6-4-8(7-14)10-12-9(13-15-10)3-2-5-11/h8H,2-7,11H2,1H3. The Hall–Kier alpha value is -0.940. The second kappa shape index (κ2) is 4.72. The Morgan fingerprint density at radius 1 is 1.60 bits per heavy atom. The van der Waals surface area contributed by atoms with Crippen LogP contribution in [0.15, 0.2) is 4.52 Å². The van der Waals surface area contributed by atoms with Crippen LogP contribution in [-0.4, -0.2) is 41.7 Å². The molecule has 1 aromatic heterocycles. The van der Waals surface area contributed by atoms with Crippen molar-refractivity contribution in [2.45, 2.75) is 25.2 Å². The van der Waals surface area contributed by atoms with Crippen LogP contribution in [0, 0.1) is 0 Å². The molecule has 2 heterocycles. The number of likely N-dealkylation sites (N-methyl/N-ethyl adjacent to an activating group) is 1. The SMILES string of the molecule is CN1CCC(c2nc(CCCN)no2)C1. The Kier molecular flexibility index (Phi) is 3.33. The molecule has 1 atom stereocenters. The van der Waals surface area contributed by atoms with Gasteiger partial charge in [0.25, 0.3) is 0 Å². The third-order valence-electron chi connectivity index (χ3n) is 2.83. The molecule has 1 saturated heterocycles. The van der Waals surface area contributed by atoms with Crippen LogP contribution in [0.5, 0.6) is 0 Å². The lowest BCUT2D eigenvalue weighted by Gasteiger charge is -2.04. The first-order chi connectivity index (χ1) is 7.29. The summed E-state index contributed by atoms with van der Waals surface area (Å²) in [6.45, 7) is 2.82. The molecule has 5 heteroatoms. The Bertz CT molecular complexity index is 312. The average molecular weight is 210 g/mol. The van der Waals surface area contributed by atoms with Crippen LogP contribution in [0.2, 0.25) is 0 Å². The molecule has 1 aliphatic rings. The van der Waals surface area contributed by atoms with Crippen LogP contribution in [0.25, 0.3) is 0 Å². The summed E-state index contributed by atoms with van der Waals surface area (Å²) in [6, 6.07) is 0. The van der Waals surface area contributed by atoms with Gasteiger partial charge in [-0.05, 0) is 33.0 Å². The summed E-state index contributed by atoms with van der Waals surface area (Å²) in [6.07, 6.45) is 2.86. The largest absolute Gasteiger partial charge is 0.339 e. The van der Waals surface area contributed by atoms with Crippen molar-refractivity contribution in [2.75, 3.05) is 26.7 Å². The monoisotopic (exact) mass is 210 g/mol. The minimum Gasteiger partial charge on any atom is -0.339 e. The van der Waals surface area contributed by atoms with Crippen LogP contribution in [0.1, 0.15) is 30.5 Å². The zero-order chi connectivity index (χ0) is 10.7. The van der Waals surface area contributed by atoms with Crippen LogP contribution < -0.4 is 5.73 Å². The topological polar surface area (TPSA) is 68.2 Å². The van der Waals surface area contributed by atoms with E-state index in [-0.39, 0.29) is 0 Å². The first kappa shape index (κ1) is 10.6. The molecule has 2 N–H and O–H groups in total. The normalized spacial score (nSPS) is 22.4. The van der Waals surface area contributed by atoms with Gasteiger partial charge in [-0.2, -0.15) is 4.98 Å². The van der Waals surface area contributed by atoms with Crippen molar-refractivity contribution >= 4 is 0 Å². The molecule has 1 fully saturated rings. The number of nitrogens with zero attached hydrogens (tertiary/aromatic N) is 3. The molecule has 0 bridgehead atoms. The number of hydrogen-bond donors (Lipinski definition) is 1. The number of aromatic nitrogens is 2. The van der Waals surface area contributed by atoms with E-state index in [0.29, 0.717) is 12.5 Å². The molecular formula is C10H18N4O. The Balaban J connectivity index is 1.94. The molecule has 15 heavy (non-hydrogen) atoms. The van der Waals surface area contributed by atoms with Gasteiger partial charge in [-0.25, -0.2) is 0 Å². The zero-order valence-electron chi connectivity index (χ0n) is 9.15. The van der Waals surface area contributed by atoms with E-state index in [4.69, 9.17) is 10.3 Å². The fourth-order valence-electron chi connectivity index (χ4n) is 1.93. The van der Waals surface area contributed by atoms with E-state index in [1.165, 1.54) is 0 Å². The summed E-state index contributed by atoms with van der Waals surface area (Å²) in [4.78, 5) is 6.69. The third-order valence-corrected chi connectivity index (χ3v) is 2.83. The Morgan fingerprint density at radius 3 is 3.13 bits per heavy atom. The van der Waals surface area contributed by atoms with E-state index in [9.17, 15) is 0 Å². The molecule has 0 amide bonds. The summed E-state index contributed by atoms with van der Waals surface area (Å²) in [7, 11) is 2.12. The molecule has 0 aromatic carbocycles. The quantitative estimate of drug-likeness (QED) is 0.778. The summed E-state index contributed by atoms with van der Waals surface area (Å²) >= 11 is 0. The first-order valence-electron chi connectivity index (χ1n) is 5.50. The van der Waals surface area contributed by atoms with Gasteiger partial charge in [-0.3, -0.25) is 0 Å². The fourth-order valence-corrected chi connectivity index (χ4v) is 1.93. The minimum absolute atomic E-state index is 0.425. The van der Waals surface area contributed by atoms with Gasteiger partial charge < -0.3 is 15.2 Å². The number of nitrogens with two attached hydrogens (primary N) is 1. The van der Waals surface area contributed by atoms with Crippen LogP contribution in [0.3, 0.4) is 0 Å². The van der Waals surface area contributed by atoms with E-state index in [1.807, 2.05) is 0 Å². The minimum atomic E-state index is 0.425. The molecule has 0 radical (unpaired) electrons. The highest BCUT2D eigenvalue weighted by molar-refractivity contribution is 4.98. The van der Waals surface area contributed by atoms with E-state index in [1.54, 1.807) is 0 Å². The highest BCUT2D eigenvalue weighted by atomic mass is 16.5. The molecule has 84 valence electrons. The van der Waals surface area contributed by atoms with Crippen LogP contribution in [-0.2, 0) is 6.42 Å². The number of aryl methyl sites for hydroxylation is 1. The molecule has 0 aliphatic carbocycles. The number of rotatable bonds is 4. The van der Waals surface area contributed by atoms with E-state index >= 15 is 0 Å². The summed E-state index contributed by atoms with van der Waals surface area (Å²) in [5.41, 5.74) is 5.43.